The van der Waals surface area contributed by atoms with Crippen LogP contribution in [0.15, 0.2) is 52.6 Å². The molecule has 4 nitrogen and oxygen atoms in total. The van der Waals surface area contributed by atoms with Crippen LogP contribution in [0, 0.1) is 11.6 Å². The second kappa shape index (κ2) is 8.63. The lowest BCUT2D eigenvalue weighted by Gasteiger charge is -2.13. The monoisotopic (exact) mass is 388 g/mol. The van der Waals surface area contributed by atoms with E-state index in [1.165, 1.54) is 23.9 Å². The number of hydrogen-bond acceptors (Lipinski definition) is 4. The number of benzene rings is 1. The minimum Gasteiger partial charge on any atom is -0.330 e. The summed E-state index contributed by atoms with van der Waals surface area (Å²) in [5, 5.41) is 0.885. The van der Waals surface area contributed by atoms with Crippen LogP contribution in [0.4, 0.5) is 8.78 Å². The van der Waals surface area contributed by atoms with Gasteiger partial charge in [0.25, 0.3) is 0 Å². The van der Waals surface area contributed by atoms with Gasteiger partial charge < -0.3 is 10.3 Å². The quantitative estimate of drug-likeness (QED) is 0.653. The Labute approximate surface area is 161 Å². The molecule has 2 heterocycles. The van der Waals surface area contributed by atoms with Crippen LogP contribution < -0.4 is 5.73 Å². The normalized spacial score (nSPS) is 11.3. The van der Waals surface area contributed by atoms with Crippen LogP contribution in [0.5, 0.6) is 0 Å². The van der Waals surface area contributed by atoms with E-state index in [0.717, 1.165) is 28.2 Å². The molecule has 3 rings (SSSR count). The molecule has 2 N–H and O–H groups in total. The molecule has 0 aliphatic rings. The van der Waals surface area contributed by atoms with E-state index < -0.39 is 11.6 Å². The third kappa shape index (κ3) is 4.73. The Hall–Kier alpha value is -2.25. The molecule has 0 bridgehead atoms. The maximum atomic E-state index is 13.7. The lowest BCUT2D eigenvalue weighted by atomic mass is 10.1. The average Bonchev–Trinajstić information content (AvgIpc) is 2.93. The second-order valence-corrected chi connectivity index (χ2v) is 7.62. The molecule has 0 fully saturated rings. The van der Waals surface area contributed by atoms with Crippen LogP contribution in [0.1, 0.15) is 36.8 Å². The lowest BCUT2D eigenvalue weighted by Crippen LogP contribution is -2.11. The predicted molar refractivity (Wildman–Crippen MR) is 103 cm³/mol. The summed E-state index contributed by atoms with van der Waals surface area (Å²) in [6.07, 6.45) is 4.11. The standard InChI is InChI=1S/C20H22F2N4S/c1-13(2)19-20(27-17-10-15(21)9-16(22)11-17)26(18(25-19)3-6-23)12-14-4-7-24-8-5-14/h4-5,7-11,13H,3,6,12,23H2,1-2H3. The highest BCUT2D eigenvalue weighted by Gasteiger charge is 2.21. The van der Waals surface area contributed by atoms with E-state index in [0.29, 0.717) is 24.4 Å². The number of nitrogens with two attached hydrogens (primary N) is 1. The SMILES string of the molecule is CC(C)c1nc(CCN)n(Cc2ccncc2)c1Sc1cc(F)cc(F)c1. The average molecular weight is 388 g/mol. The van der Waals surface area contributed by atoms with Gasteiger partial charge >= 0.3 is 0 Å². The summed E-state index contributed by atoms with van der Waals surface area (Å²) in [6, 6.07) is 7.44. The highest BCUT2D eigenvalue weighted by molar-refractivity contribution is 7.99. The van der Waals surface area contributed by atoms with Crippen molar-refractivity contribution in [3.63, 3.8) is 0 Å². The zero-order valence-corrected chi connectivity index (χ0v) is 16.1. The lowest BCUT2D eigenvalue weighted by molar-refractivity contribution is 0.577. The summed E-state index contributed by atoms with van der Waals surface area (Å²) in [6.45, 7) is 5.18. The summed E-state index contributed by atoms with van der Waals surface area (Å²) in [7, 11) is 0. The Balaban J connectivity index is 2.08. The first kappa shape index (κ1) is 19.5. The molecule has 1 aromatic carbocycles. The van der Waals surface area contributed by atoms with Crippen molar-refractivity contribution in [1.82, 2.24) is 14.5 Å². The molecular weight excluding hydrogens is 366 g/mol. The maximum Gasteiger partial charge on any atom is 0.127 e. The van der Waals surface area contributed by atoms with Gasteiger partial charge in [0.05, 0.1) is 5.69 Å². The zero-order valence-electron chi connectivity index (χ0n) is 15.3. The van der Waals surface area contributed by atoms with Crippen LogP contribution in [-0.2, 0) is 13.0 Å². The minimum absolute atomic E-state index is 0.168. The number of halogens is 2. The highest BCUT2D eigenvalue weighted by atomic mass is 32.2. The van der Waals surface area contributed by atoms with Crippen molar-refractivity contribution < 1.29 is 8.78 Å². The Morgan fingerprint density at radius 3 is 2.37 bits per heavy atom. The van der Waals surface area contributed by atoms with Crippen molar-refractivity contribution >= 4 is 11.8 Å². The van der Waals surface area contributed by atoms with Crippen molar-refractivity contribution in [2.24, 2.45) is 5.73 Å². The van der Waals surface area contributed by atoms with E-state index in [-0.39, 0.29) is 5.92 Å². The second-order valence-electron chi connectivity index (χ2n) is 6.56. The van der Waals surface area contributed by atoms with E-state index in [1.807, 2.05) is 12.1 Å². The van der Waals surface area contributed by atoms with Gasteiger partial charge in [0.2, 0.25) is 0 Å². The predicted octanol–water partition coefficient (Wildman–Crippen LogP) is 4.38. The Morgan fingerprint density at radius 1 is 1.11 bits per heavy atom. The molecule has 0 saturated heterocycles. The number of nitrogens with zero attached hydrogens (tertiary/aromatic N) is 3. The molecule has 27 heavy (non-hydrogen) atoms. The number of hydrogen-bond donors (Lipinski definition) is 1. The minimum atomic E-state index is -0.592. The molecule has 0 spiro atoms. The summed E-state index contributed by atoms with van der Waals surface area (Å²) in [4.78, 5) is 9.36. The van der Waals surface area contributed by atoms with Crippen molar-refractivity contribution in [2.75, 3.05) is 6.54 Å². The molecule has 0 saturated carbocycles. The summed E-state index contributed by atoms with van der Waals surface area (Å²) >= 11 is 1.33. The van der Waals surface area contributed by atoms with Crippen LogP contribution in [0.25, 0.3) is 0 Å². The number of imidazole rings is 1. The molecule has 0 radical (unpaired) electrons. The first-order chi connectivity index (χ1) is 13.0. The largest absolute Gasteiger partial charge is 0.330 e. The van der Waals surface area contributed by atoms with Crippen molar-refractivity contribution in [2.45, 2.75) is 42.7 Å². The van der Waals surface area contributed by atoms with Gasteiger partial charge in [-0.1, -0.05) is 25.6 Å². The van der Waals surface area contributed by atoms with E-state index in [9.17, 15) is 8.78 Å². The number of pyridine rings is 1. The van der Waals surface area contributed by atoms with E-state index >= 15 is 0 Å². The Morgan fingerprint density at radius 2 is 1.78 bits per heavy atom. The number of rotatable bonds is 7. The molecule has 0 unspecified atom stereocenters. The van der Waals surface area contributed by atoms with Gasteiger partial charge in [0.1, 0.15) is 22.5 Å². The van der Waals surface area contributed by atoms with Gasteiger partial charge in [0.15, 0.2) is 0 Å². The van der Waals surface area contributed by atoms with E-state index in [2.05, 4.69) is 23.4 Å². The maximum absolute atomic E-state index is 13.7. The van der Waals surface area contributed by atoms with E-state index in [4.69, 9.17) is 10.7 Å². The van der Waals surface area contributed by atoms with Gasteiger partial charge in [-0.15, -0.1) is 0 Å². The fraction of sp³-hybridized carbons (Fsp3) is 0.300. The van der Waals surface area contributed by atoms with Gasteiger partial charge in [-0.2, -0.15) is 0 Å². The first-order valence-electron chi connectivity index (χ1n) is 8.80. The number of aromatic nitrogens is 3. The summed E-state index contributed by atoms with van der Waals surface area (Å²) in [5.41, 5.74) is 7.76. The van der Waals surface area contributed by atoms with Gasteiger partial charge in [-0.05, 0) is 42.3 Å². The first-order valence-corrected chi connectivity index (χ1v) is 9.61. The van der Waals surface area contributed by atoms with Crippen LogP contribution in [0.2, 0.25) is 0 Å². The third-order valence-electron chi connectivity index (χ3n) is 4.08. The molecule has 3 aromatic rings. The fourth-order valence-electron chi connectivity index (χ4n) is 2.84. The van der Waals surface area contributed by atoms with Crippen LogP contribution in [0.3, 0.4) is 0 Å². The van der Waals surface area contributed by atoms with Crippen molar-refractivity contribution in [1.29, 1.82) is 0 Å². The van der Waals surface area contributed by atoms with Crippen molar-refractivity contribution in [3.8, 4) is 0 Å². The molecule has 0 amide bonds. The molecule has 0 atom stereocenters. The molecule has 7 heteroatoms. The summed E-state index contributed by atoms with van der Waals surface area (Å²) in [5.74, 6) is -0.143. The Bertz CT molecular complexity index is 890. The zero-order chi connectivity index (χ0) is 19.4. The van der Waals surface area contributed by atoms with Gasteiger partial charge in [-0.3, -0.25) is 4.98 Å². The molecule has 0 aliphatic carbocycles. The molecule has 0 aliphatic heterocycles. The van der Waals surface area contributed by atoms with Gasteiger partial charge in [-0.25, -0.2) is 13.8 Å². The third-order valence-corrected chi connectivity index (χ3v) is 5.18. The van der Waals surface area contributed by atoms with Crippen LogP contribution >= 0.6 is 11.8 Å². The smallest absolute Gasteiger partial charge is 0.127 e. The van der Waals surface area contributed by atoms with Crippen LogP contribution in [-0.4, -0.2) is 21.1 Å². The molecule has 142 valence electrons. The van der Waals surface area contributed by atoms with Gasteiger partial charge in [0, 0.05) is 36.3 Å². The highest BCUT2D eigenvalue weighted by Crippen LogP contribution is 2.36. The van der Waals surface area contributed by atoms with Crippen molar-refractivity contribution in [3.05, 3.63) is 71.4 Å². The molecule has 2 aromatic heterocycles. The molecular formula is C20H22F2N4S. The summed E-state index contributed by atoms with van der Waals surface area (Å²) < 4.78 is 29.4. The fourth-order valence-corrected chi connectivity index (χ4v) is 4.07. The topological polar surface area (TPSA) is 56.7 Å². The van der Waals surface area contributed by atoms with E-state index in [1.54, 1.807) is 12.4 Å². The Kier molecular flexibility index (Phi) is 6.23.